The molecule has 13 heavy (non-hydrogen) atoms. The van der Waals surface area contributed by atoms with Gasteiger partial charge in [-0.3, -0.25) is 0 Å². The van der Waals surface area contributed by atoms with E-state index in [2.05, 4.69) is 0 Å². The minimum Gasteiger partial charge on any atom is -0.393 e. The molecular weight excluding hydrogens is 167 g/mol. The second-order valence-corrected chi connectivity index (χ2v) is 3.04. The van der Waals surface area contributed by atoms with Gasteiger partial charge < -0.3 is 5.11 Å². The van der Waals surface area contributed by atoms with E-state index in [1.807, 2.05) is 12.2 Å². The third kappa shape index (κ3) is 3.85. The molecule has 1 aromatic rings. The van der Waals surface area contributed by atoms with E-state index in [1.165, 1.54) is 12.1 Å². The van der Waals surface area contributed by atoms with E-state index in [0.29, 0.717) is 6.42 Å². The molecule has 0 saturated heterocycles. The molecule has 1 aromatic carbocycles. The first kappa shape index (κ1) is 9.93. The monoisotopic (exact) mass is 180 g/mol. The van der Waals surface area contributed by atoms with Gasteiger partial charge in [-0.05, 0) is 31.0 Å². The molecule has 70 valence electrons. The molecule has 1 atom stereocenters. The summed E-state index contributed by atoms with van der Waals surface area (Å²) >= 11 is 0. The van der Waals surface area contributed by atoms with Crippen LogP contribution < -0.4 is 0 Å². The summed E-state index contributed by atoms with van der Waals surface area (Å²) in [6, 6.07) is 6.24. The lowest BCUT2D eigenvalue weighted by Gasteiger charge is -1.96. The summed E-state index contributed by atoms with van der Waals surface area (Å²) in [5.74, 6) is -0.229. The predicted octanol–water partition coefficient (Wildman–Crippen LogP) is 2.61. The molecule has 0 aliphatic rings. The molecule has 0 aliphatic heterocycles. The molecule has 1 nitrogen and oxygen atoms in total. The largest absolute Gasteiger partial charge is 0.393 e. The highest BCUT2D eigenvalue weighted by Gasteiger charge is 1.90. The fourth-order valence-corrected chi connectivity index (χ4v) is 0.975. The van der Waals surface area contributed by atoms with E-state index in [0.717, 1.165) is 5.56 Å². The lowest BCUT2D eigenvalue weighted by atomic mass is 10.2. The van der Waals surface area contributed by atoms with Crippen molar-refractivity contribution in [2.45, 2.75) is 19.4 Å². The number of rotatable bonds is 3. The summed E-state index contributed by atoms with van der Waals surface area (Å²) in [6.07, 6.45) is 4.04. The van der Waals surface area contributed by atoms with E-state index in [-0.39, 0.29) is 11.9 Å². The summed E-state index contributed by atoms with van der Waals surface area (Å²) in [5.41, 5.74) is 0.946. The molecule has 0 aromatic heterocycles. The second kappa shape index (κ2) is 4.77. The summed E-state index contributed by atoms with van der Waals surface area (Å²) in [4.78, 5) is 0. The Bertz CT molecular complexity index is 275. The first-order valence-electron chi connectivity index (χ1n) is 4.28. The number of aliphatic hydroxyl groups excluding tert-OH is 1. The van der Waals surface area contributed by atoms with Crippen LogP contribution in [0.15, 0.2) is 30.3 Å². The minimum atomic E-state index is -0.323. The maximum atomic E-state index is 12.5. The Morgan fingerprint density at radius 1 is 1.38 bits per heavy atom. The van der Waals surface area contributed by atoms with E-state index in [9.17, 15) is 4.39 Å². The van der Waals surface area contributed by atoms with E-state index in [4.69, 9.17) is 5.11 Å². The first-order chi connectivity index (χ1) is 6.18. The van der Waals surface area contributed by atoms with Gasteiger partial charge in [0, 0.05) is 0 Å². The van der Waals surface area contributed by atoms with Crippen molar-refractivity contribution in [3.05, 3.63) is 41.7 Å². The fraction of sp³-hybridized carbons (Fsp3) is 0.273. The topological polar surface area (TPSA) is 20.2 Å². The molecule has 0 heterocycles. The van der Waals surface area contributed by atoms with Crippen LogP contribution in [0.5, 0.6) is 0 Å². The summed E-state index contributed by atoms with van der Waals surface area (Å²) < 4.78 is 12.5. The Labute approximate surface area is 77.5 Å². The minimum absolute atomic E-state index is 0.229. The Kier molecular flexibility index (Phi) is 3.65. The van der Waals surface area contributed by atoms with Crippen molar-refractivity contribution in [1.29, 1.82) is 0 Å². The fourth-order valence-electron chi connectivity index (χ4n) is 0.975. The van der Waals surface area contributed by atoms with Crippen molar-refractivity contribution < 1.29 is 9.50 Å². The number of hydrogen-bond acceptors (Lipinski definition) is 1. The second-order valence-electron chi connectivity index (χ2n) is 3.04. The van der Waals surface area contributed by atoms with Crippen LogP contribution in [0, 0.1) is 5.82 Å². The highest BCUT2D eigenvalue weighted by atomic mass is 19.1. The summed E-state index contributed by atoms with van der Waals surface area (Å²) in [7, 11) is 0. The van der Waals surface area contributed by atoms with Crippen molar-refractivity contribution >= 4 is 6.08 Å². The van der Waals surface area contributed by atoms with Gasteiger partial charge in [-0.2, -0.15) is 0 Å². The van der Waals surface area contributed by atoms with Gasteiger partial charge in [0.15, 0.2) is 0 Å². The maximum absolute atomic E-state index is 12.5. The number of benzene rings is 1. The zero-order valence-corrected chi connectivity index (χ0v) is 7.57. The van der Waals surface area contributed by atoms with Crippen LogP contribution in [0.1, 0.15) is 18.9 Å². The molecule has 0 bridgehead atoms. The summed E-state index contributed by atoms with van der Waals surface area (Å²) in [6.45, 7) is 1.73. The molecule has 0 fully saturated rings. The van der Waals surface area contributed by atoms with Crippen molar-refractivity contribution in [1.82, 2.24) is 0 Å². The third-order valence-corrected chi connectivity index (χ3v) is 1.66. The zero-order valence-electron chi connectivity index (χ0n) is 7.57. The molecule has 0 unspecified atom stereocenters. The third-order valence-electron chi connectivity index (χ3n) is 1.66. The van der Waals surface area contributed by atoms with Gasteiger partial charge in [-0.1, -0.05) is 24.3 Å². The molecule has 0 amide bonds. The normalized spacial score (nSPS) is 13.5. The SMILES string of the molecule is C[C@H](O)C/C=C/c1ccc(F)cc1. The molecule has 2 heteroatoms. The Morgan fingerprint density at radius 3 is 2.54 bits per heavy atom. The van der Waals surface area contributed by atoms with E-state index in [1.54, 1.807) is 19.1 Å². The number of aliphatic hydroxyl groups is 1. The first-order valence-corrected chi connectivity index (χ1v) is 4.28. The summed E-state index contributed by atoms with van der Waals surface area (Å²) in [5, 5.41) is 8.96. The van der Waals surface area contributed by atoms with Crippen LogP contribution in [0.4, 0.5) is 4.39 Å². The van der Waals surface area contributed by atoms with Crippen molar-refractivity contribution in [2.75, 3.05) is 0 Å². The van der Waals surface area contributed by atoms with Crippen molar-refractivity contribution in [3.63, 3.8) is 0 Å². The molecule has 0 radical (unpaired) electrons. The van der Waals surface area contributed by atoms with Gasteiger partial charge in [-0.25, -0.2) is 4.39 Å². The van der Waals surface area contributed by atoms with E-state index < -0.39 is 0 Å². The molecule has 1 N–H and O–H groups in total. The maximum Gasteiger partial charge on any atom is 0.123 e. The van der Waals surface area contributed by atoms with Crippen LogP contribution in [0.2, 0.25) is 0 Å². The van der Waals surface area contributed by atoms with Crippen LogP contribution >= 0.6 is 0 Å². The van der Waals surface area contributed by atoms with Crippen LogP contribution in [-0.4, -0.2) is 11.2 Å². The highest BCUT2D eigenvalue weighted by Crippen LogP contribution is 2.05. The smallest absolute Gasteiger partial charge is 0.123 e. The van der Waals surface area contributed by atoms with Gasteiger partial charge in [-0.15, -0.1) is 0 Å². The lowest BCUT2D eigenvalue weighted by molar-refractivity contribution is 0.199. The van der Waals surface area contributed by atoms with Gasteiger partial charge in [0.1, 0.15) is 5.82 Å². The molecule has 1 rings (SSSR count). The molecule has 0 saturated carbocycles. The Balaban J connectivity index is 2.54. The van der Waals surface area contributed by atoms with Gasteiger partial charge in [0.25, 0.3) is 0 Å². The standard InChI is InChI=1S/C11H13FO/c1-9(13)3-2-4-10-5-7-11(12)8-6-10/h2,4-9,13H,3H2,1H3/b4-2+/t9-/m0/s1. The molecular formula is C11H13FO. The highest BCUT2D eigenvalue weighted by molar-refractivity contribution is 5.48. The zero-order chi connectivity index (χ0) is 9.68. The van der Waals surface area contributed by atoms with Gasteiger partial charge in [0.05, 0.1) is 6.10 Å². The number of hydrogen-bond donors (Lipinski definition) is 1. The Hall–Kier alpha value is -1.15. The predicted molar refractivity (Wildman–Crippen MR) is 51.7 cm³/mol. The Morgan fingerprint density at radius 2 is 2.00 bits per heavy atom. The van der Waals surface area contributed by atoms with Gasteiger partial charge in [0.2, 0.25) is 0 Å². The van der Waals surface area contributed by atoms with Crippen LogP contribution in [-0.2, 0) is 0 Å². The average Bonchev–Trinajstić information content (AvgIpc) is 2.08. The number of halogens is 1. The van der Waals surface area contributed by atoms with Crippen LogP contribution in [0.3, 0.4) is 0 Å². The van der Waals surface area contributed by atoms with Crippen LogP contribution in [0.25, 0.3) is 6.08 Å². The van der Waals surface area contributed by atoms with Crippen molar-refractivity contribution in [2.24, 2.45) is 0 Å². The van der Waals surface area contributed by atoms with Gasteiger partial charge >= 0.3 is 0 Å². The molecule has 0 aliphatic carbocycles. The lowest BCUT2D eigenvalue weighted by Crippen LogP contribution is -1.95. The van der Waals surface area contributed by atoms with E-state index >= 15 is 0 Å². The van der Waals surface area contributed by atoms with Crippen molar-refractivity contribution in [3.8, 4) is 0 Å². The quantitative estimate of drug-likeness (QED) is 0.758. The molecule has 0 spiro atoms. The average molecular weight is 180 g/mol.